The zero-order valence-corrected chi connectivity index (χ0v) is 13.1. The van der Waals surface area contributed by atoms with E-state index in [9.17, 15) is 18.0 Å². The van der Waals surface area contributed by atoms with E-state index in [2.05, 4.69) is 0 Å². The van der Waals surface area contributed by atoms with Crippen LogP contribution in [0.1, 0.15) is 46.0 Å². The molecule has 21 heavy (non-hydrogen) atoms. The van der Waals surface area contributed by atoms with Gasteiger partial charge in [0.25, 0.3) is 0 Å². The van der Waals surface area contributed by atoms with Crippen LogP contribution in [0.5, 0.6) is 0 Å². The summed E-state index contributed by atoms with van der Waals surface area (Å²) in [6.45, 7) is 4.54. The lowest BCUT2D eigenvalue weighted by atomic mass is 9.80. The van der Waals surface area contributed by atoms with Crippen molar-refractivity contribution >= 4 is 5.91 Å². The first-order valence-electron chi connectivity index (χ1n) is 7.70. The Kier molecular flexibility index (Phi) is 6.50. The minimum atomic E-state index is -4.18. The van der Waals surface area contributed by atoms with Crippen LogP contribution in [0.2, 0.25) is 0 Å². The minimum absolute atomic E-state index is 0.00882. The van der Waals surface area contributed by atoms with Gasteiger partial charge < -0.3 is 10.6 Å². The maximum Gasteiger partial charge on any atom is 0.391 e. The number of amides is 1. The van der Waals surface area contributed by atoms with Gasteiger partial charge in [0.15, 0.2) is 0 Å². The van der Waals surface area contributed by atoms with Crippen molar-refractivity contribution in [3.8, 4) is 0 Å². The van der Waals surface area contributed by atoms with E-state index in [1.807, 2.05) is 13.8 Å². The number of rotatable bonds is 5. The van der Waals surface area contributed by atoms with Gasteiger partial charge in [-0.25, -0.2) is 0 Å². The molecule has 3 nitrogen and oxygen atoms in total. The predicted octanol–water partition coefficient (Wildman–Crippen LogP) is 3.19. The zero-order chi connectivity index (χ0) is 16.2. The highest BCUT2D eigenvalue weighted by atomic mass is 19.4. The fraction of sp³-hybridized carbons (Fsp3) is 0.933. The molecule has 0 heterocycles. The Morgan fingerprint density at radius 1 is 1.33 bits per heavy atom. The molecule has 0 aliphatic heterocycles. The van der Waals surface area contributed by atoms with Crippen molar-refractivity contribution in [3.63, 3.8) is 0 Å². The number of hydrogen-bond acceptors (Lipinski definition) is 2. The van der Waals surface area contributed by atoms with Gasteiger partial charge in [-0.05, 0) is 31.6 Å². The Morgan fingerprint density at radius 2 is 1.95 bits per heavy atom. The summed E-state index contributed by atoms with van der Waals surface area (Å²) in [5.41, 5.74) is 5.94. The molecule has 1 fully saturated rings. The van der Waals surface area contributed by atoms with Gasteiger partial charge in [-0.3, -0.25) is 4.79 Å². The summed E-state index contributed by atoms with van der Waals surface area (Å²) in [5.74, 6) is -1.66. The van der Waals surface area contributed by atoms with Gasteiger partial charge in [0.05, 0.1) is 5.92 Å². The van der Waals surface area contributed by atoms with Crippen LogP contribution in [-0.2, 0) is 4.79 Å². The molecule has 0 bridgehead atoms. The Hall–Kier alpha value is -0.780. The molecule has 1 aliphatic rings. The predicted molar refractivity (Wildman–Crippen MR) is 76.6 cm³/mol. The fourth-order valence-corrected chi connectivity index (χ4v) is 2.81. The van der Waals surface area contributed by atoms with Crippen LogP contribution in [0.4, 0.5) is 13.2 Å². The van der Waals surface area contributed by atoms with Crippen molar-refractivity contribution in [2.24, 2.45) is 23.5 Å². The number of nitrogens with zero attached hydrogens (tertiary/aromatic N) is 1. The molecule has 124 valence electrons. The number of carbonyl (C=O) groups is 1. The van der Waals surface area contributed by atoms with Gasteiger partial charge in [0.1, 0.15) is 0 Å². The van der Waals surface area contributed by atoms with Crippen LogP contribution >= 0.6 is 0 Å². The summed E-state index contributed by atoms with van der Waals surface area (Å²) >= 11 is 0. The number of alkyl halides is 3. The third kappa shape index (κ3) is 5.49. The maximum atomic E-state index is 12.8. The number of halogens is 3. The Balaban J connectivity index is 2.50. The highest BCUT2D eigenvalue weighted by Gasteiger charge is 2.43. The highest BCUT2D eigenvalue weighted by molar-refractivity contribution is 5.78. The number of hydrogen-bond donors (Lipinski definition) is 1. The van der Waals surface area contributed by atoms with E-state index in [-0.39, 0.29) is 24.8 Å². The van der Waals surface area contributed by atoms with Crippen LogP contribution < -0.4 is 5.73 Å². The molecular weight excluding hydrogens is 281 g/mol. The van der Waals surface area contributed by atoms with E-state index in [1.54, 1.807) is 11.9 Å². The standard InChI is InChI=1S/C15H27F3N2O/c1-10(2)13(19)7-8-20(3)14(21)11-5-4-6-12(9-11)15(16,17)18/h10-13H,4-9,19H2,1-3H3. The van der Waals surface area contributed by atoms with Crippen molar-refractivity contribution in [1.82, 2.24) is 4.90 Å². The zero-order valence-electron chi connectivity index (χ0n) is 13.1. The first kappa shape index (κ1) is 18.3. The van der Waals surface area contributed by atoms with Crippen LogP contribution in [0.25, 0.3) is 0 Å². The van der Waals surface area contributed by atoms with Gasteiger partial charge in [-0.15, -0.1) is 0 Å². The molecule has 1 aliphatic carbocycles. The largest absolute Gasteiger partial charge is 0.391 e. The van der Waals surface area contributed by atoms with Crippen molar-refractivity contribution in [2.45, 2.75) is 58.2 Å². The van der Waals surface area contributed by atoms with Crippen molar-refractivity contribution in [1.29, 1.82) is 0 Å². The molecule has 0 aromatic heterocycles. The van der Waals surface area contributed by atoms with E-state index in [0.717, 1.165) is 0 Å². The molecule has 0 aromatic carbocycles. The Bertz CT molecular complexity index is 344. The lowest BCUT2D eigenvalue weighted by Gasteiger charge is -2.32. The quantitative estimate of drug-likeness (QED) is 0.848. The summed E-state index contributed by atoms with van der Waals surface area (Å²) in [6.07, 6.45) is -2.39. The second kappa shape index (κ2) is 7.47. The second-order valence-electron chi connectivity index (χ2n) is 6.56. The normalized spacial score (nSPS) is 25.0. The van der Waals surface area contributed by atoms with E-state index in [4.69, 9.17) is 5.73 Å². The van der Waals surface area contributed by atoms with Gasteiger partial charge in [-0.1, -0.05) is 20.3 Å². The average molecular weight is 308 g/mol. The first-order valence-corrected chi connectivity index (χ1v) is 7.70. The lowest BCUT2D eigenvalue weighted by Crippen LogP contribution is -2.40. The molecule has 1 rings (SSSR count). The van der Waals surface area contributed by atoms with Crippen LogP contribution in [-0.4, -0.2) is 36.6 Å². The van der Waals surface area contributed by atoms with Crippen molar-refractivity contribution in [2.75, 3.05) is 13.6 Å². The lowest BCUT2D eigenvalue weighted by molar-refractivity contribution is -0.187. The molecule has 1 saturated carbocycles. The van der Waals surface area contributed by atoms with Gasteiger partial charge in [0, 0.05) is 25.6 Å². The van der Waals surface area contributed by atoms with Gasteiger partial charge in [0.2, 0.25) is 5.91 Å². The summed E-state index contributed by atoms with van der Waals surface area (Å²) < 4.78 is 38.3. The molecule has 2 N–H and O–H groups in total. The summed E-state index contributed by atoms with van der Waals surface area (Å²) in [4.78, 5) is 13.8. The third-order valence-electron chi connectivity index (χ3n) is 4.52. The van der Waals surface area contributed by atoms with Gasteiger partial charge >= 0.3 is 6.18 Å². The first-order chi connectivity index (χ1) is 9.62. The molecule has 0 saturated heterocycles. The molecule has 0 radical (unpaired) electrons. The molecule has 0 aromatic rings. The topological polar surface area (TPSA) is 46.3 Å². The molecule has 0 spiro atoms. The Labute approximate surface area is 125 Å². The SMILES string of the molecule is CC(C)C(N)CCN(C)C(=O)C1CCCC(C(F)(F)F)C1. The number of carbonyl (C=O) groups excluding carboxylic acids is 1. The molecule has 6 heteroatoms. The summed E-state index contributed by atoms with van der Waals surface area (Å²) in [6, 6.07) is 0.00882. The Morgan fingerprint density at radius 3 is 2.48 bits per heavy atom. The van der Waals surface area contributed by atoms with E-state index < -0.39 is 18.0 Å². The minimum Gasteiger partial charge on any atom is -0.345 e. The van der Waals surface area contributed by atoms with Crippen LogP contribution in [0.15, 0.2) is 0 Å². The van der Waals surface area contributed by atoms with Crippen molar-refractivity contribution < 1.29 is 18.0 Å². The number of nitrogens with two attached hydrogens (primary N) is 1. The van der Waals surface area contributed by atoms with Crippen LogP contribution in [0, 0.1) is 17.8 Å². The van der Waals surface area contributed by atoms with E-state index in [1.165, 1.54) is 0 Å². The maximum absolute atomic E-state index is 12.8. The molecular formula is C15H27F3N2O. The molecule has 3 atom stereocenters. The van der Waals surface area contributed by atoms with Crippen LogP contribution in [0.3, 0.4) is 0 Å². The fourth-order valence-electron chi connectivity index (χ4n) is 2.81. The van der Waals surface area contributed by atoms with Gasteiger partial charge in [-0.2, -0.15) is 13.2 Å². The third-order valence-corrected chi connectivity index (χ3v) is 4.52. The molecule has 3 unspecified atom stereocenters. The monoisotopic (exact) mass is 308 g/mol. The average Bonchev–Trinajstić information content (AvgIpc) is 2.42. The van der Waals surface area contributed by atoms with E-state index >= 15 is 0 Å². The van der Waals surface area contributed by atoms with Crippen molar-refractivity contribution in [3.05, 3.63) is 0 Å². The summed E-state index contributed by atoms with van der Waals surface area (Å²) in [5, 5.41) is 0. The smallest absolute Gasteiger partial charge is 0.345 e. The summed E-state index contributed by atoms with van der Waals surface area (Å²) in [7, 11) is 1.66. The van der Waals surface area contributed by atoms with E-state index in [0.29, 0.717) is 31.7 Å². The second-order valence-corrected chi connectivity index (χ2v) is 6.56. The molecule has 1 amide bonds. The highest BCUT2D eigenvalue weighted by Crippen LogP contribution is 2.40.